The number of nitrogens with zero attached hydrogens (tertiary/aromatic N) is 2. The lowest BCUT2D eigenvalue weighted by atomic mass is 10.2. The van der Waals surface area contributed by atoms with Crippen molar-refractivity contribution in [1.29, 1.82) is 0 Å². The predicted octanol–water partition coefficient (Wildman–Crippen LogP) is 1.77. The topological polar surface area (TPSA) is 54.9 Å². The van der Waals surface area contributed by atoms with Gasteiger partial charge in [-0.1, -0.05) is 15.9 Å². The van der Waals surface area contributed by atoms with Crippen LogP contribution in [0.25, 0.3) is 0 Å². The van der Waals surface area contributed by atoms with Gasteiger partial charge in [-0.25, -0.2) is 9.97 Å². The maximum atomic E-state index is 11.6. The summed E-state index contributed by atoms with van der Waals surface area (Å²) in [6.45, 7) is 1.99. The molecule has 0 spiro atoms. The number of aromatic nitrogens is 2. The Balaban J connectivity index is 2.42. The van der Waals surface area contributed by atoms with Crippen LogP contribution in [0.5, 0.6) is 0 Å². The van der Waals surface area contributed by atoms with E-state index in [1.54, 1.807) is 0 Å². The largest absolute Gasteiger partial charge is 0.349 e. The molecule has 5 heteroatoms. The summed E-state index contributed by atoms with van der Waals surface area (Å²) in [6.07, 6.45) is 6.45. The zero-order valence-electron chi connectivity index (χ0n) is 8.61. The van der Waals surface area contributed by atoms with Crippen LogP contribution >= 0.6 is 15.9 Å². The maximum Gasteiger partial charge on any atom is 0.254 e. The number of hydrogen-bond donors (Lipinski definition) is 1. The van der Waals surface area contributed by atoms with Gasteiger partial charge in [0, 0.05) is 23.8 Å². The van der Waals surface area contributed by atoms with Crippen LogP contribution < -0.4 is 5.32 Å². The molecule has 0 aliphatic heterocycles. The van der Waals surface area contributed by atoms with Crippen molar-refractivity contribution in [3.63, 3.8) is 0 Å². The van der Waals surface area contributed by atoms with Gasteiger partial charge in [-0.2, -0.15) is 0 Å². The molecule has 0 aliphatic carbocycles. The van der Waals surface area contributed by atoms with Crippen molar-refractivity contribution in [2.45, 2.75) is 25.8 Å². The number of nitrogens with one attached hydrogen (secondary N) is 1. The molecule has 0 bridgehead atoms. The van der Waals surface area contributed by atoms with Crippen molar-refractivity contribution in [3.8, 4) is 0 Å². The molecular weight excluding hydrogens is 258 g/mol. The summed E-state index contributed by atoms with van der Waals surface area (Å²) in [5.74, 6) is -0.113. The Kier molecular flexibility index (Phi) is 5.25. The van der Waals surface area contributed by atoms with Gasteiger partial charge in [0.2, 0.25) is 0 Å². The van der Waals surface area contributed by atoms with Crippen LogP contribution in [-0.4, -0.2) is 27.2 Å². The highest BCUT2D eigenvalue weighted by molar-refractivity contribution is 9.09. The van der Waals surface area contributed by atoms with Crippen molar-refractivity contribution >= 4 is 21.8 Å². The van der Waals surface area contributed by atoms with E-state index in [0.717, 1.165) is 18.2 Å². The summed E-state index contributed by atoms with van der Waals surface area (Å²) >= 11 is 3.36. The van der Waals surface area contributed by atoms with Crippen LogP contribution in [0.2, 0.25) is 0 Å². The average molecular weight is 272 g/mol. The van der Waals surface area contributed by atoms with Crippen molar-refractivity contribution in [1.82, 2.24) is 15.3 Å². The summed E-state index contributed by atoms with van der Waals surface area (Å²) < 4.78 is 0. The fourth-order valence-electron chi connectivity index (χ4n) is 1.18. The first-order valence-corrected chi connectivity index (χ1v) is 5.98. The van der Waals surface area contributed by atoms with Gasteiger partial charge in [0.05, 0.1) is 5.56 Å². The number of rotatable bonds is 5. The number of halogens is 1. The fraction of sp³-hybridized carbons (Fsp3) is 0.500. The second kappa shape index (κ2) is 6.50. The first-order valence-electron chi connectivity index (χ1n) is 4.86. The van der Waals surface area contributed by atoms with Gasteiger partial charge >= 0.3 is 0 Å². The van der Waals surface area contributed by atoms with Gasteiger partial charge in [0.15, 0.2) is 0 Å². The third kappa shape index (κ3) is 4.38. The Morgan fingerprint density at radius 1 is 1.53 bits per heavy atom. The third-order valence-corrected chi connectivity index (χ3v) is 2.53. The summed E-state index contributed by atoms with van der Waals surface area (Å²) in [7, 11) is 0. The molecule has 1 amide bonds. The minimum Gasteiger partial charge on any atom is -0.349 e. The van der Waals surface area contributed by atoms with E-state index in [9.17, 15) is 4.79 Å². The van der Waals surface area contributed by atoms with Crippen LogP contribution in [0.4, 0.5) is 0 Å². The lowest BCUT2D eigenvalue weighted by Crippen LogP contribution is -2.32. The van der Waals surface area contributed by atoms with Gasteiger partial charge in [0.25, 0.3) is 5.91 Å². The zero-order chi connectivity index (χ0) is 11.1. The average Bonchev–Trinajstić information content (AvgIpc) is 2.27. The van der Waals surface area contributed by atoms with Crippen molar-refractivity contribution in [2.75, 3.05) is 5.33 Å². The van der Waals surface area contributed by atoms with Crippen molar-refractivity contribution in [3.05, 3.63) is 24.3 Å². The quantitative estimate of drug-likeness (QED) is 0.831. The van der Waals surface area contributed by atoms with Crippen LogP contribution in [0.3, 0.4) is 0 Å². The van der Waals surface area contributed by atoms with E-state index < -0.39 is 0 Å². The standard InChI is InChI=1S/C10H14BrN3O/c1-8(3-2-4-11)14-10(15)9-5-12-7-13-6-9/h5-8H,2-4H2,1H3,(H,14,15). The highest BCUT2D eigenvalue weighted by Crippen LogP contribution is 2.01. The smallest absolute Gasteiger partial charge is 0.254 e. The van der Waals surface area contributed by atoms with Crippen LogP contribution in [0, 0.1) is 0 Å². The molecule has 0 saturated heterocycles. The molecular formula is C10H14BrN3O. The second-order valence-corrected chi connectivity index (χ2v) is 4.13. The second-order valence-electron chi connectivity index (χ2n) is 3.33. The molecule has 15 heavy (non-hydrogen) atoms. The lowest BCUT2D eigenvalue weighted by molar-refractivity contribution is 0.0937. The van der Waals surface area contributed by atoms with Crippen LogP contribution in [0.15, 0.2) is 18.7 Å². The normalized spacial score (nSPS) is 12.1. The number of amides is 1. The van der Waals surface area contributed by atoms with Gasteiger partial charge in [-0.05, 0) is 19.8 Å². The van der Waals surface area contributed by atoms with Crippen LogP contribution in [-0.2, 0) is 0 Å². The van der Waals surface area contributed by atoms with E-state index in [2.05, 4.69) is 31.2 Å². The molecule has 0 fully saturated rings. The first kappa shape index (κ1) is 12.1. The Morgan fingerprint density at radius 2 is 2.20 bits per heavy atom. The number of carbonyl (C=O) groups is 1. The van der Waals surface area contributed by atoms with E-state index in [4.69, 9.17) is 0 Å². The van der Waals surface area contributed by atoms with E-state index in [-0.39, 0.29) is 11.9 Å². The monoisotopic (exact) mass is 271 g/mol. The molecule has 1 aromatic heterocycles. The molecule has 1 unspecified atom stereocenters. The summed E-state index contributed by atoms with van der Waals surface area (Å²) in [5.41, 5.74) is 0.503. The summed E-state index contributed by atoms with van der Waals surface area (Å²) in [5, 5.41) is 3.85. The van der Waals surface area contributed by atoms with Gasteiger partial charge < -0.3 is 5.32 Å². The molecule has 1 atom stereocenters. The Bertz CT molecular complexity index is 305. The highest BCUT2D eigenvalue weighted by Gasteiger charge is 2.09. The summed E-state index contributed by atoms with van der Waals surface area (Å²) in [4.78, 5) is 19.2. The van der Waals surface area contributed by atoms with E-state index in [1.165, 1.54) is 18.7 Å². The minimum absolute atomic E-state index is 0.113. The van der Waals surface area contributed by atoms with Crippen molar-refractivity contribution < 1.29 is 4.79 Å². The van der Waals surface area contributed by atoms with Crippen LogP contribution in [0.1, 0.15) is 30.1 Å². The van der Waals surface area contributed by atoms with Crippen molar-refractivity contribution in [2.24, 2.45) is 0 Å². The number of alkyl halides is 1. The molecule has 4 nitrogen and oxygen atoms in total. The first-order chi connectivity index (χ1) is 7.24. The molecule has 0 aliphatic rings. The Hall–Kier alpha value is -0.970. The molecule has 0 saturated carbocycles. The molecule has 82 valence electrons. The third-order valence-electron chi connectivity index (χ3n) is 1.97. The van der Waals surface area contributed by atoms with Gasteiger partial charge in [0.1, 0.15) is 6.33 Å². The molecule has 0 aromatic carbocycles. The highest BCUT2D eigenvalue weighted by atomic mass is 79.9. The van der Waals surface area contributed by atoms with Gasteiger partial charge in [-0.3, -0.25) is 4.79 Å². The number of hydrogen-bond acceptors (Lipinski definition) is 3. The molecule has 1 rings (SSSR count). The Labute approximate surface area is 97.6 Å². The summed E-state index contributed by atoms with van der Waals surface area (Å²) in [6, 6.07) is 0.176. The zero-order valence-corrected chi connectivity index (χ0v) is 10.2. The molecule has 0 radical (unpaired) electrons. The molecule has 1 aromatic rings. The molecule has 1 N–H and O–H groups in total. The van der Waals surface area contributed by atoms with Gasteiger partial charge in [-0.15, -0.1) is 0 Å². The van der Waals surface area contributed by atoms with E-state index in [1.807, 2.05) is 6.92 Å². The Morgan fingerprint density at radius 3 is 2.80 bits per heavy atom. The lowest BCUT2D eigenvalue weighted by Gasteiger charge is -2.12. The maximum absolute atomic E-state index is 11.6. The SMILES string of the molecule is CC(CCCBr)NC(=O)c1cncnc1. The minimum atomic E-state index is -0.113. The fourth-order valence-corrected chi connectivity index (χ4v) is 1.50. The molecule has 1 heterocycles. The van der Waals surface area contributed by atoms with E-state index in [0.29, 0.717) is 5.56 Å². The number of carbonyl (C=O) groups excluding carboxylic acids is 1. The van der Waals surface area contributed by atoms with E-state index >= 15 is 0 Å². The predicted molar refractivity (Wildman–Crippen MR) is 62.0 cm³/mol.